The Balaban J connectivity index is 1.54. The van der Waals surface area contributed by atoms with Crippen molar-refractivity contribution in [1.82, 2.24) is 0 Å². The molecule has 0 unspecified atom stereocenters. The summed E-state index contributed by atoms with van der Waals surface area (Å²) < 4.78 is 28.3. The van der Waals surface area contributed by atoms with E-state index in [1.54, 1.807) is 19.2 Å². The Labute approximate surface area is 164 Å². The van der Waals surface area contributed by atoms with E-state index in [9.17, 15) is 13.2 Å². The first-order valence-electron chi connectivity index (χ1n) is 9.01. The molecule has 0 aromatic heterocycles. The zero-order valence-electron chi connectivity index (χ0n) is 15.7. The first-order valence-corrected chi connectivity index (χ1v) is 10.6. The molecular weight excluding hydrogens is 380 g/mol. The molecule has 150 valence electrons. The van der Waals surface area contributed by atoms with Gasteiger partial charge in [0.2, 0.25) is 10.0 Å². The fraction of sp³-hybridized carbons (Fsp3) is 0.316. The number of benzene rings is 2. The van der Waals surface area contributed by atoms with Gasteiger partial charge in [-0.3, -0.25) is 4.79 Å². The normalized spacial score (nSPS) is 15.3. The number of nitrogens with two attached hydrogens (primary N) is 1. The van der Waals surface area contributed by atoms with Crippen LogP contribution in [0.25, 0.3) is 0 Å². The van der Waals surface area contributed by atoms with Crippen molar-refractivity contribution in [1.29, 1.82) is 0 Å². The molecule has 0 radical (unpaired) electrons. The Bertz CT molecular complexity index is 940. The van der Waals surface area contributed by atoms with Crippen LogP contribution in [0.1, 0.15) is 0 Å². The Kier molecular flexibility index (Phi) is 6.18. The first kappa shape index (κ1) is 20.1. The predicted octanol–water partition coefficient (Wildman–Crippen LogP) is -0.314. The number of carbonyl (C=O) groups excluding carboxylic acids is 1. The van der Waals surface area contributed by atoms with Crippen LogP contribution in [0, 0.1) is 0 Å². The van der Waals surface area contributed by atoms with Gasteiger partial charge in [-0.15, -0.1) is 0 Å². The summed E-state index contributed by atoms with van der Waals surface area (Å²) in [5.74, 6) is 0.686. The maximum atomic E-state index is 12.3. The molecular formula is C19H25N4O4S+. The molecule has 2 aromatic carbocycles. The van der Waals surface area contributed by atoms with Gasteiger partial charge in [0.05, 0.1) is 43.9 Å². The maximum absolute atomic E-state index is 12.3. The highest BCUT2D eigenvalue weighted by Gasteiger charge is 2.24. The molecule has 2 aromatic rings. The number of piperazine rings is 1. The smallest absolute Gasteiger partial charge is 0.279 e. The van der Waals surface area contributed by atoms with Crippen LogP contribution in [-0.2, 0) is 14.8 Å². The molecule has 0 bridgehead atoms. The zero-order chi connectivity index (χ0) is 20.1. The Morgan fingerprint density at radius 2 is 1.89 bits per heavy atom. The minimum Gasteiger partial charge on any atom is -0.495 e. The number of para-hydroxylation sites is 2. The van der Waals surface area contributed by atoms with Gasteiger partial charge in [-0.25, -0.2) is 13.6 Å². The number of hydrogen-bond donors (Lipinski definition) is 3. The average molecular weight is 406 g/mol. The lowest BCUT2D eigenvalue weighted by Crippen LogP contribution is -3.15. The van der Waals surface area contributed by atoms with Crippen molar-refractivity contribution in [2.45, 2.75) is 4.90 Å². The van der Waals surface area contributed by atoms with Gasteiger partial charge in [0.1, 0.15) is 5.75 Å². The highest BCUT2D eigenvalue weighted by Crippen LogP contribution is 2.27. The quantitative estimate of drug-likeness (QED) is 0.611. The summed E-state index contributed by atoms with van der Waals surface area (Å²) in [7, 11) is -2.14. The SMILES string of the molecule is COc1ccccc1N1CC[NH+](CC(=O)Nc2cccc(S(N)(=O)=O)c2)CC1. The molecule has 1 fully saturated rings. The molecule has 28 heavy (non-hydrogen) atoms. The third-order valence-electron chi connectivity index (χ3n) is 4.75. The van der Waals surface area contributed by atoms with E-state index in [1.165, 1.54) is 17.0 Å². The second-order valence-electron chi connectivity index (χ2n) is 6.71. The maximum Gasteiger partial charge on any atom is 0.279 e. The number of ether oxygens (including phenoxy) is 1. The molecule has 3 rings (SSSR count). The van der Waals surface area contributed by atoms with E-state index in [4.69, 9.17) is 9.88 Å². The molecule has 8 nitrogen and oxygen atoms in total. The predicted molar refractivity (Wildman–Crippen MR) is 107 cm³/mol. The second-order valence-corrected chi connectivity index (χ2v) is 8.27. The van der Waals surface area contributed by atoms with Crippen molar-refractivity contribution in [3.63, 3.8) is 0 Å². The van der Waals surface area contributed by atoms with Crippen LogP contribution in [0.15, 0.2) is 53.4 Å². The van der Waals surface area contributed by atoms with Crippen LogP contribution in [0.2, 0.25) is 0 Å². The van der Waals surface area contributed by atoms with Crippen molar-refractivity contribution in [3.8, 4) is 5.75 Å². The molecule has 1 amide bonds. The zero-order valence-corrected chi connectivity index (χ0v) is 16.5. The largest absolute Gasteiger partial charge is 0.495 e. The van der Waals surface area contributed by atoms with E-state index in [2.05, 4.69) is 10.2 Å². The topological polar surface area (TPSA) is 106 Å². The van der Waals surface area contributed by atoms with Crippen molar-refractivity contribution in [3.05, 3.63) is 48.5 Å². The lowest BCUT2D eigenvalue weighted by molar-refractivity contribution is -0.892. The van der Waals surface area contributed by atoms with Crippen molar-refractivity contribution < 1.29 is 22.8 Å². The number of methoxy groups -OCH3 is 1. The summed E-state index contributed by atoms with van der Waals surface area (Å²) in [6, 6.07) is 13.9. The molecule has 9 heteroatoms. The van der Waals surface area contributed by atoms with E-state index in [0.717, 1.165) is 37.6 Å². The van der Waals surface area contributed by atoms with Gasteiger partial charge in [0.15, 0.2) is 6.54 Å². The monoisotopic (exact) mass is 405 g/mol. The van der Waals surface area contributed by atoms with Crippen molar-refractivity contribution >= 4 is 27.3 Å². The van der Waals surface area contributed by atoms with Gasteiger partial charge in [-0.2, -0.15) is 0 Å². The van der Waals surface area contributed by atoms with Gasteiger partial charge in [0.25, 0.3) is 5.91 Å². The van der Waals surface area contributed by atoms with Crippen LogP contribution in [0.5, 0.6) is 5.75 Å². The Hall–Kier alpha value is -2.62. The van der Waals surface area contributed by atoms with Crippen LogP contribution in [0.3, 0.4) is 0 Å². The highest BCUT2D eigenvalue weighted by atomic mass is 32.2. The average Bonchev–Trinajstić information content (AvgIpc) is 2.68. The lowest BCUT2D eigenvalue weighted by Gasteiger charge is -2.34. The summed E-state index contributed by atoms with van der Waals surface area (Å²) in [4.78, 5) is 15.8. The van der Waals surface area contributed by atoms with Crippen LogP contribution in [-0.4, -0.2) is 54.2 Å². The Morgan fingerprint density at radius 1 is 1.18 bits per heavy atom. The molecule has 0 atom stereocenters. The summed E-state index contributed by atoms with van der Waals surface area (Å²) >= 11 is 0. The number of carbonyl (C=O) groups is 1. The van der Waals surface area contributed by atoms with Crippen molar-refractivity contribution in [2.24, 2.45) is 5.14 Å². The third-order valence-corrected chi connectivity index (χ3v) is 5.66. The summed E-state index contributed by atoms with van der Waals surface area (Å²) in [6.07, 6.45) is 0. The molecule has 4 N–H and O–H groups in total. The number of amides is 1. The van der Waals surface area contributed by atoms with Gasteiger partial charge >= 0.3 is 0 Å². The van der Waals surface area contributed by atoms with Gasteiger partial charge < -0.3 is 19.9 Å². The lowest BCUT2D eigenvalue weighted by atomic mass is 10.2. The number of anilines is 2. The van der Waals surface area contributed by atoms with Gasteiger partial charge in [-0.1, -0.05) is 18.2 Å². The van der Waals surface area contributed by atoms with Crippen LogP contribution < -0.4 is 25.0 Å². The molecule has 1 aliphatic heterocycles. The van der Waals surface area contributed by atoms with E-state index in [-0.39, 0.29) is 10.8 Å². The number of quaternary nitrogens is 1. The highest BCUT2D eigenvalue weighted by molar-refractivity contribution is 7.89. The van der Waals surface area contributed by atoms with Gasteiger partial charge in [0, 0.05) is 5.69 Å². The summed E-state index contributed by atoms with van der Waals surface area (Å²) in [6.45, 7) is 3.61. The molecule has 0 spiro atoms. The van der Waals surface area contributed by atoms with E-state index >= 15 is 0 Å². The molecule has 0 saturated carbocycles. The van der Waals surface area contributed by atoms with E-state index < -0.39 is 10.0 Å². The number of hydrogen-bond acceptors (Lipinski definition) is 5. The number of rotatable bonds is 6. The molecule has 1 aliphatic rings. The number of sulfonamides is 1. The van der Waals surface area contributed by atoms with Crippen LogP contribution in [0.4, 0.5) is 11.4 Å². The Morgan fingerprint density at radius 3 is 2.57 bits per heavy atom. The third kappa shape index (κ3) is 5.00. The van der Waals surface area contributed by atoms with Gasteiger partial charge in [-0.05, 0) is 30.3 Å². The fourth-order valence-corrected chi connectivity index (χ4v) is 3.87. The molecule has 0 aliphatic carbocycles. The van der Waals surface area contributed by atoms with Crippen molar-refractivity contribution in [2.75, 3.05) is 50.1 Å². The number of nitrogens with zero attached hydrogens (tertiary/aromatic N) is 1. The number of nitrogens with one attached hydrogen (secondary N) is 2. The standard InChI is InChI=1S/C19H24N4O4S/c1-27-18-8-3-2-7-17(18)23-11-9-22(10-12-23)14-19(24)21-15-5-4-6-16(13-15)28(20,25)26/h2-8,13H,9-12,14H2,1H3,(H,21,24)(H2,20,25,26)/p+1. The fourth-order valence-electron chi connectivity index (χ4n) is 3.31. The second kappa shape index (κ2) is 8.59. The molecule has 1 saturated heterocycles. The van der Waals surface area contributed by atoms with Crippen LogP contribution >= 0.6 is 0 Å². The summed E-state index contributed by atoms with van der Waals surface area (Å²) in [5.41, 5.74) is 1.48. The van der Waals surface area contributed by atoms with E-state index in [0.29, 0.717) is 12.2 Å². The molecule has 1 heterocycles. The number of primary sulfonamides is 1. The minimum atomic E-state index is -3.80. The first-order chi connectivity index (χ1) is 13.4. The summed E-state index contributed by atoms with van der Waals surface area (Å²) in [5, 5.41) is 7.88. The van der Waals surface area contributed by atoms with E-state index in [1.807, 2.05) is 24.3 Å². The minimum absolute atomic E-state index is 0.0249.